The van der Waals surface area contributed by atoms with Crippen LogP contribution in [-0.2, 0) is 0 Å². The van der Waals surface area contributed by atoms with Gasteiger partial charge >= 0.3 is 6.36 Å². The maximum atomic E-state index is 12.1. The Morgan fingerprint density at radius 1 is 1.30 bits per heavy atom. The third kappa shape index (κ3) is 2.90. The van der Waals surface area contributed by atoms with Gasteiger partial charge in [-0.1, -0.05) is 11.6 Å². The molecule has 1 aliphatic rings. The Bertz CT molecular complexity index is 635. The zero-order valence-electron chi connectivity index (χ0n) is 10.2. The first-order chi connectivity index (χ1) is 9.42. The fraction of sp³-hybridized carbons (Fsp3) is 0.308. The molecule has 2 aromatic rings. The summed E-state index contributed by atoms with van der Waals surface area (Å²) in [5.74, 6) is 0.698. The van der Waals surface area contributed by atoms with Crippen LogP contribution in [0.2, 0.25) is 5.02 Å². The molecular formula is C13H10ClF3N2O. The van der Waals surface area contributed by atoms with Crippen LogP contribution in [0.5, 0.6) is 5.75 Å². The van der Waals surface area contributed by atoms with Crippen molar-refractivity contribution in [3.8, 4) is 17.1 Å². The van der Waals surface area contributed by atoms with E-state index in [9.17, 15) is 13.2 Å². The van der Waals surface area contributed by atoms with Crippen LogP contribution in [0.3, 0.4) is 0 Å². The van der Waals surface area contributed by atoms with Crippen LogP contribution >= 0.6 is 11.6 Å². The van der Waals surface area contributed by atoms with Crippen molar-refractivity contribution in [3.05, 3.63) is 35.1 Å². The molecule has 0 amide bonds. The molecule has 0 bridgehead atoms. The quantitative estimate of drug-likeness (QED) is 0.906. The number of halogens is 4. The Morgan fingerprint density at radius 2 is 2.05 bits per heavy atom. The molecule has 1 aliphatic carbocycles. The molecule has 1 N–H and O–H groups in total. The van der Waals surface area contributed by atoms with E-state index in [-0.39, 0.29) is 5.02 Å². The van der Waals surface area contributed by atoms with Gasteiger partial charge in [0.25, 0.3) is 0 Å². The van der Waals surface area contributed by atoms with Crippen LogP contribution in [-0.4, -0.2) is 16.3 Å². The zero-order chi connectivity index (χ0) is 14.3. The summed E-state index contributed by atoms with van der Waals surface area (Å²) >= 11 is 5.80. The molecule has 1 fully saturated rings. The summed E-state index contributed by atoms with van der Waals surface area (Å²) in [6.07, 6.45) is -0.725. The van der Waals surface area contributed by atoms with Crippen LogP contribution < -0.4 is 4.74 Å². The van der Waals surface area contributed by atoms with Crippen molar-refractivity contribution in [3.63, 3.8) is 0 Å². The van der Waals surface area contributed by atoms with Gasteiger partial charge in [-0.25, -0.2) is 4.98 Å². The summed E-state index contributed by atoms with van der Waals surface area (Å²) in [6.45, 7) is 0. The summed E-state index contributed by atoms with van der Waals surface area (Å²) in [6, 6.07) is 4.07. The normalized spacial score (nSPS) is 15.4. The van der Waals surface area contributed by atoms with Gasteiger partial charge in [0, 0.05) is 23.4 Å². The summed E-state index contributed by atoms with van der Waals surface area (Å²) in [5.41, 5.74) is 1.67. The minimum Gasteiger partial charge on any atom is -0.404 e. The lowest BCUT2D eigenvalue weighted by atomic mass is 10.2. The Morgan fingerprint density at radius 3 is 2.65 bits per heavy atom. The summed E-state index contributed by atoms with van der Waals surface area (Å²) < 4.78 is 40.2. The number of benzene rings is 1. The second-order valence-corrected chi connectivity index (χ2v) is 5.06. The largest absolute Gasteiger partial charge is 0.573 e. The van der Waals surface area contributed by atoms with Gasteiger partial charge in [0.2, 0.25) is 0 Å². The molecule has 0 aliphatic heterocycles. The Hall–Kier alpha value is -1.69. The molecule has 1 saturated carbocycles. The molecule has 20 heavy (non-hydrogen) atoms. The number of aromatic amines is 1. The van der Waals surface area contributed by atoms with E-state index in [0.717, 1.165) is 18.5 Å². The molecule has 1 aromatic carbocycles. The van der Waals surface area contributed by atoms with Crippen LogP contribution in [0.15, 0.2) is 24.4 Å². The highest BCUT2D eigenvalue weighted by atomic mass is 35.5. The molecule has 0 saturated heterocycles. The number of hydrogen-bond acceptors (Lipinski definition) is 2. The molecular weight excluding hydrogens is 293 g/mol. The fourth-order valence-corrected chi connectivity index (χ4v) is 2.16. The fourth-order valence-electron chi connectivity index (χ4n) is 1.94. The van der Waals surface area contributed by atoms with Gasteiger partial charge in [-0.05, 0) is 31.0 Å². The number of H-pyrrole nitrogens is 1. The van der Waals surface area contributed by atoms with Crippen molar-refractivity contribution in [1.82, 2.24) is 9.97 Å². The minimum absolute atomic E-state index is 0.107. The van der Waals surface area contributed by atoms with E-state index in [1.807, 2.05) is 0 Å². The number of imidazole rings is 1. The number of nitrogens with one attached hydrogen (secondary N) is 1. The van der Waals surface area contributed by atoms with E-state index < -0.39 is 12.1 Å². The molecule has 1 heterocycles. The van der Waals surface area contributed by atoms with E-state index in [1.165, 1.54) is 18.2 Å². The van der Waals surface area contributed by atoms with Crippen molar-refractivity contribution >= 4 is 11.6 Å². The average molecular weight is 303 g/mol. The van der Waals surface area contributed by atoms with Crippen LogP contribution in [0.25, 0.3) is 11.4 Å². The van der Waals surface area contributed by atoms with Crippen LogP contribution in [0.4, 0.5) is 13.2 Å². The Kier molecular flexibility index (Phi) is 3.12. The van der Waals surface area contributed by atoms with Crippen molar-refractivity contribution in [2.45, 2.75) is 25.1 Å². The predicted molar refractivity (Wildman–Crippen MR) is 67.7 cm³/mol. The third-order valence-corrected chi connectivity index (χ3v) is 3.34. The Labute approximate surface area is 117 Å². The number of hydrogen-bond donors (Lipinski definition) is 1. The lowest BCUT2D eigenvalue weighted by Gasteiger charge is -2.10. The van der Waals surface area contributed by atoms with E-state index in [4.69, 9.17) is 11.6 Å². The molecule has 1 aromatic heterocycles. The first kappa shape index (κ1) is 13.3. The van der Waals surface area contributed by atoms with E-state index in [1.54, 1.807) is 6.20 Å². The average Bonchev–Trinajstić information content (AvgIpc) is 3.09. The number of ether oxygens (including phenoxy) is 1. The summed E-state index contributed by atoms with van der Waals surface area (Å²) in [5, 5.41) is -0.107. The van der Waals surface area contributed by atoms with Crippen molar-refractivity contribution < 1.29 is 17.9 Å². The summed E-state index contributed by atoms with van der Waals surface area (Å²) in [4.78, 5) is 7.37. The number of rotatable bonds is 3. The minimum atomic E-state index is -4.75. The molecule has 3 nitrogen and oxygen atoms in total. The van der Waals surface area contributed by atoms with Gasteiger partial charge in [0.1, 0.15) is 11.6 Å². The Balaban J connectivity index is 1.85. The van der Waals surface area contributed by atoms with E-state index in [0.29, 0.717) is 17.3 Å². The number of alkyl halides is 3. The lowest BCUT2D eigenvalue weighted by Crippen LogP contribution is -2.17. The van der Waals surface area contributed by atoms with Gasteiger partial charge in [-0.2, -0.15) is 0 Å². The van der Waals surface area contributed by atoms with Crippen LogP contribution in [0, 0.1) is 0 Å². The highest BCUT2D eigenvalue weighted by molar-refractivity contribution is 6.32. The third-order valence-electron chi connectivity index (χ3n) is 3.04. The standard InChI is InChI=1S/C13H10ClF3N2O/c14-9-5-8(3-4-11(9)20-13(15,16)17)12-18-6-10(19-12)7-1-2-7/h3-7H,1-2H2,(H,18,19). The highest BCUT2D eigenvalue weighted by Gasteiger charge is 2.32. The van der Waals surface area contributed by atoms with Gasteiger partial charge in [0.05, 0.1) is 5.02 Å². The molecule has 0 radical (unpaired) electrons. The van der Waals surface area contributed by atoms with Gasteiger partial charge in [0.15, 0.2) is 0 Å². The van der Waals surface area contributed by atoms with Crippen molar-refractivity contribution in [2.75, 3.05) is 0 Å². The molecule has 0 unspecified atom stereocenters. The zero-order valence-corrected chi connectivity index (χ0v) is 10.9. The monoisotopic (exact) mass is 302 g/mol. The van der Waals surface area contributed by atoms with Crippen molar-refractivity contribution in [1.29, 1.82) is 0 Å². The highest BCUT2D eigenvalue weighted by Crippen LogP contribution is 2.40. The van der Waals surface area contributed by atoms with E-state index >= 15 is 0 Å². The predicted octanol–water partition coefficient (Wildman–Crippen LogP) is 4.51. The maximum absolute atomic E-state index is 12.1. The smallest absolute Gasteiger partial charge is 0.404 e. The van der Waals surface area contributed by atoms with Crippen LogP contribution in [0.1, 0.15) is 24.5 Å². The SMILES string of the molecule is FC(F)(F)Oc1ccc(-c2ncc(C3CC3)[nH]2)cc1Cl. The maximum Gasteiger partial charge on any atom is 0.573 e. The van der Waals surface area contributed by atoms with Gasteiger partial charge in [-0.15, -0.1) is 13.2 Å². The van der Waals surface area contributed by atoms with Gasteiger partial charge < -0.3 is 9.72 Å². The second-order valence-electron chi connectivity index (χ2n) is 4.65. The number of nitrogens with zero attached hydrogens (tertiary/aromatic N) is 1. The molecule has 0 spiro atoms. The molecule has 3 rings (SSSR count). The number of aromatic nitrogens is 2. The van der Waals surface area contributed by atoms with E-state index in [2.05, 4.69) is 14.7 Å². The molecule has 7 heteroatoms. The topological polar surface area (TPSA) is 37.9 Å². The first-order valence-electron chi connectivity index (χ1n) is 6.03. The second kappa shape index (κ2) is 4.70. The summed E-state index contributed by atoms with van der Waals surface area (Å²) in [7, 11) is 0. The first-order valence-corrected chi connectivity index (χ1v) is 6.41. The molecule has 106 valence electrons. The lowest BCUT2D eigenvalue weighted by molar-refractivity contribution is -0.274. The van der Waals surface area contributed by atoms with Gasteiger partial charge in [-0.3, -0.25) is 0 Å². The molecule has 0 atom stereocenters. The van der Waals surface area contributed by atoms with Crippen molar-refractivity contribution in [2.24, 2.45) is 0 Å².